The molecule has 0 aliphatic carbocycles. The number of amides is 1. The monoisotopic (exact) mass is 237 g/mol. The van der Waals surface area contributed by atoms with Crippen molar-refractivity contribution in [3.8, 4) is 0 Å². The van der Waals surface area contributed by atoms with Gasteiger partial charge in [0.1, 0.15) is 10.7 Å². The maximum atomic E-state index is 11.5. The molecule has 0 aliphatic rings. The fourth-order valence-electron chi connectivity index (χ4n) is 1.11. The summed E-state index contributed by atoms with van der Waals surface area (Å²) in [5.41, 5.74) is 0. The molecular formula is C8H7N5O4. The highest BCUT2D eigenvalue weighted by Gasteiger charge is 2.18. The minimum atomic E-state index is -0.728. The molecule has 2 aromatic rings. The third-order valence-corrected chi connectivity index (χ3v) is 1.82. The van der Waals surface area contributed by atoms with Crippen molar-refractivity contribution in [2.24, 2.45) is 0 Å². The summed E-state index contributed by atoms with van der Waals surface area (Å²) in [5.74, 6) is -0.727. The molecule has 0 saturated carbocycles. The zero-order valence-corrected chi connectivity index (χ0v) is 8.63. The van der Waals surface area contributed by atoms with Gasteiger partial charge in [0.25, 0.3) is 5.91 Å². The fourth-order valence-corrected chi connectivity index (χ4v) is 1.11. The zero-order chi connectivity index (χ0) is 12.4. The van der Waals surface area contributed by atoms with E-state index in [2.05, 4.69) is 20.5 Å². The van der Waals surface area contributed by atoms with Crippen LogP contribution < -0.4 is 5.32 Å². The Morgan fingerprint density at radius 1 is 1.59 bits per heavy atom. The van der Waals surface area contributed by atoms with Gasteiger partial charge in [0.2, 0.25) is 5.95 Å². The van der Waals surface area contributed by atoms with Gasteiger partial charge in [0.15, 0.2) is 5.76 Å². The van der Waals surface area contributed by atoms with E-state index in [9.17, 15) is 14.9 Å². The maximum absolute atomic E-state index is 11.5. The van der Waals surface area contributed by atoms with Gasteiger partial charge in [-0.05, 0) is 13.0 Å². The summed E-state index contributed by atoms with van der Waals surface area (Å²) >= 11 is 0. The average Bonchev–Trinajstić information content (AvgIpc) is 2.86. The highest BCUT2D eigenvalue weighted by Crippen LogP contribution is 2.16. The highest BCUT2D eigenvalue weighted by atomic mass is 16.6. The summed E-state index contributed by atoms with van der Waals surface area (Å²) in [4.78, 5) is 25.0. The molecule has 0 saturated heterocycles. The van der Waals surface area contributed by atoms with Crippen molar-refractivity contribution in [1.29, 1.82) is 0 Å². The van der Waals surface area contributed by atoms with E-state index in [0.29, 0.717) is 5.82 Å². The lowest BCUT2D eigenvalue weighted by molar-refractivity contribution is -0.402. The molecule has 2 aromatic heterocycles. The molecule has 0 aromatic carbocycles. The molecule has 9 nitrogen and oxygen atoms in total. The molecule has 17 heavy (non-hydrogen) atoms. The van der Waals surface area contributed by atoms with Gasteiger partial charge in [-0.1, -0.05) is 0 Å². The number of hydrogen-bond acceptors (Lipinski definition) is 6. The summed E-state index contributed by atoms with van der Waals surface area (Å²) in [6, 6.07) is 2.30. The fraction of sp³-hybridized carbons (Fsp3) is 0.125. The number of anilines is 1. The average molecular weight is 237 g/mol. The van der Waals surface area contributed by atoms with E-state index in [1.807, 2.05) is 0 Å². The number of nitrogens with one attached hydrogen (secondary N) is 2. The number of carbonyl (C=O) groups is 1. The van der Waals surface area contributed by atoms with Crippen molar-refractivity contribution in [2.45, 2.75) is 6.92 Å². The van der Waals surface area contributed by atoms with Gasteiger partial charge in [-0.15, -0.1) is 5.10 Å². The van der Waals surface area contributed by atoms with Gasteiger partial charge < -0.3 is 4.42 Å². The number of aromatic amines is 1. The Balaban J connectivity index is 2.11. The Morgan fingerprint density at radius 3 is 2.88 bits per heavy atom. The van der Waals surface area contributed by atoms with E-state index >= 15 is 0 Å². The number of furan rings is 1. The summed E-state index contributed by atoms with van der Waals surface area (Å²) in [6.07, 6.45) is 0. The first-order valence-corrected chi connectivity index (χ1v) is 4.51. The predicted molar refractivity (Wildman–Crippen MR) is 54.4 cm³/mol. The van der Waals surface area contributed by atoms with E-state index in [1.165, 1.54) is 6.07 Å². The molecule has 9 heteroatoms. The van der Waals surface area contributed by atoms with Crippen LogP contribution >= 0.6 is 0 Å². The number of aryl methyl sites for hydroxylation is 1. The molecule has 0 fully saturated rings. The Kier molecular flexibility index (Phi) is 2.57. The third-order valence-electron chi connectivity index (χ3n) is 1.82. The Bertz CT molecular complexity index is 572. The van der Waals surface area contributed by atoms with Crippen molar-refractivity contribution in [2.75, 3.05) is 5.32 Å². The van der Waals surface area contributed by atoms with Gasteiger partial charge in [0, 0.05) is 0 Å². The number of H-pyrrole nitrogens is 1. The van der Waals surface area contributed by atoms with Crippen molar-refractivity contribution in [3.63, 3.8) is 0 Å². The second kappa shape index (κ2) is 4.04. The minimum Gasteiger partial charge on any atom is -0.395 e. The van der Waals surface area contributed by atoms with E-state index in [-0.39, 0.29) is 11.7 Å². The summed E-state index contributed by atoms with van der Waals surface area (Å²) in [7, 11) is 0. The van der Waals surface area contributed by atoms with E-state index in [0.717, 1.165) is 6.07 Å². The Labute approximate surface area is 94.0 Å². The number of nitrogens with zero attached hydrogens (tertiary/aromatic N) is 3. The van der Waals surface area contributed by atoms with Crippen LogP contribution in [0.2, 0.25) is 0 Å². The lowest BCUT2D eigenvalue weighted by atomic mass is 10.4. The molecule has 0 unspecified atom stereocenters. The quantitative estimate of drug-likeness (QED) is 0.602. The van der Waals surface area contributed by atoms with Crippen molar-refractivity contribution in [3.05, 3.63) is 33.8 Å². The van der Waals surface area contributed by atoms with Gasteiger partial charge in [-0.3, -0.25) is 25.3 Å². The van der Waals surface area contributed by atoms with E-state index < -0.39 is 16.7 Å². The molecule has 0 atom stereocenters. The summed E-state index contributed by atoms with van der Waals surface area (Å²) in [6.45, 7) is 1.67. The molecule has 0 spiro atoms. The summed E-state index contributed by atoms with van der Waals surface area (Å²) in [5, 5.41) is 18.9. The first kappa shape index (κ1) is 10.8. The van der Waals surface area contributed by atoms with Crippen LogP contribution in [-0.2, 0) is 0 Å². The van der Waals surface area contributed by atoms with Crippen LogP contribution in [0.3, 0.4) is 0 Å². The number of aromatic nitrogens is 3. The van der Waals surface area contributed by atoms with Crippen LogP contribution in [0.25, 0.3) is 0 Å². The van der Waals surface area contributed by atoms with Crippen LogP contribution in [0.5, 0.6) is 0 Å². The van der Waals surface area contributed by atoms with Crippen LogP contribution in [0.4, 0.5) is 11.8 Å². The molecule has 1 amide bonds. The largest absolute Gasteiger partial charge is 0.433 e. The normalized spacial score (nSPS) is 10.2. The molecule has 2 rings (SSSR count). The van der Waals surface area contributed by atoms with Gasteiger partial charge in [-0.2, -0.15) is 4.98 Å². The minimum absolute atomic E-state index is 0.0755. The smallest absolute Gasteiger partial charge is 0.395 e. The van der Waals surface area contributed by atoms with Crippen LogP contribution in [0, 0.1) is 17.0 Å². The Hall–Kier alpha value is -2.71. The molecule has 2 heterocycles. The molecular weight excluding hydrogens is 230 g/mol. The first-order chi connectivity index (χ1) is 8.06. The van der Waals surface area contributed by atoms with Crippen LogP contribution in [0.1, 0.15) is 16.4 Å². The van der Waals surface area contributed by atoms with Gasteiger partial charge >= 0.3 is 5.88 Å². The van der Waals surface area contributed by atoms with E-state index in [1.54, 1.807) is 6.92 Å². The second-order valence-corrected chi connectivity index (χ2v) is 3.09. The summed E-state index contributed by atoms with van der Waals surface area (Å²) < 4.78 is 4.71. The van der Waals surface area contributed by atoms with Crippen molar-refractivity contribution in [1.82, 2.24) is 15.2 Å². The van der Waals surface area contributed by atoms with Gasteiger partial charge in [-0.25, -0.2) is 0 Å². The molecule has 0 radical (unpaired) electrons. The third kappa shape index (κ3) is 2.27. The van der Waals surface area contributed by atoms with Crippen LogP contribution in [-0.4, -0.2) is 26.0 Å². The predicted octanol–water partition coefficient (Wildman–Crippen LogP) is 0.867. The highest BCUT2D eigenvalue weighted by molar-refractivity contribution is 6.01. The number of rotatable bonds is 3. The first-order valence-electron chi connectivity index (χ1n) is 4.51. The molecule has 0 bridgehead atoms. The van der Waals surface area contributed by atoms with E-state index in [4.69, 9.17) is 4.42 Å². The topological polar surface area (TPSA) is 127 Å². The number of carbonyl (C=O) groups excluding carboxylic acids is 1. The molecule has 0 aliphatic heterocycles. The standard InChI is InChI=1S/C8H7N5O4/c1-4-9-8(12-11-4)10-7(14)5-2-3-6(17-5)13(15)16/h2-3H,1H3,(H2,9,10,11,12,14). The van der Waals surface area contributed by atoms with Crippen molar-refractivity contribution >= 4 is 17.7 Å². The molecule has 2 N–H and O–H groups in total. The number of nitro groups is 1. The Morgan fingerprint density at radius 2 is 2.35 bits per heavy atom. The number of hydrogen-bond donors (Lipinski definition) is 2. The van der Waals surface area contributed by atoms with Gasteiger partial charge in [0.05, 0.1) is 6.07 Å². The SMILES string of the molecule is Cc1nc(NC(=O)c2ccc([N+](=O)[O-])o2)n[nH]1. The molecule has 88 valence electrons. The maximum Gasteiger partial charge on any atom is 0.433 e. The lowest BCUT2D eigenvalue weighted by Gasteiger charge is -1.95. The lowest BCUT2D eigenvalue weighted by Crippen LogP contribution is -2.12. The zero-order valence-electron chi connectivity index (χ0n) is 8.63. The van der Waals surface area contributed by atoms with Crippen molar-refractivity contribution < 1.29 is 14.1 Å². The second-order valence-electron chi connectivity index (χ2n) is 3.09. The van der Waals surface area contributed by atoms with Crippen LogP contribution in [0.15, 0.2) is 16.5 Å².